The second-order valence-electron chi connectivity index (χ2n) is 6.40. The SMILES string of the molecule is CCOC(=O)CCCSc1nnc(-c2ccncc2)n1-c1ccc(C)c(C)c1. The Balaban J connectivity index is 1.87. The molecule has 0 N–H and O–H groups in total. The molecule has 2 heterocycles. The maximum Gasteiger partial charge on any atom is 0.305 e. The highest BCUT2D eigenvalue weighted by molar-refractivity contribution is 7.99. The van der Waals surface area contributed by atoms with E-state index in [1.165, 1.54) is 11.1 Å². The van der Waals surface area contributed by atoms with E-state index in [1.54, 1.807) is 24.2 Å². The molecule has 0 radical (unpaired) electrons. The van der Waals surface area contributed by atoms with Crippen molar-refractivity contribution in [1.82, 2.24) is 19.7 Å². The number of aryl methyl sites for hydroxylation is 2. The topological polar surface area (TPSA) is 69.9 Å². The minimum Gasteiger partial charge on any atom is -0.466 e. The highest BCUT2D eigenvalue weighted by Gasteiger charge is 2.16. The molecule has 6 nitrogen and oxygen atoms in total. The predicted molar refractivity (Wildman–Crippen MR) is 111 cm³/mol. The van der Waals surface area contributed by atoms with Gasteiger partial charge in [0, 0.05) is 30.1 Å². The predicted octanol–water partition coefficient (Wildman–Crippen LogP) is 4.38. The van der Waals surface area contributed by atoms with Crippen LogP contribution in [-0.2, 0) is 9.53 Å². The van der Waals surface area contributed by atoms with Crippen LogP contribution >= 0.6 is 11.8 Å². The van der Waals surface area contributed by atoms with Crippen LogP contribution in [0.15, 0.2) is 47.9 Å². The van der Waals surface area contributed by atoms with Gasteiger partial charge in [0.15, 0.2) is 11.0 Å². The van der Waals surface area contributed by atoms with Gasteiger partial charge < -0.3 is 4.74 Å². The number of pyridine rings is 1. The van der Waals surface area contributed by atoms with E-state index in [2.05, 4.69) is 51.8 Å². The van der Waals surface area contributed by atoms with Crippen LogP contribution in [0, 0.1) is 13.8 Å². The standard InChI is InChI=1S/C21H24N4O2S/c1-4-27-19(26)6-5-13-28-21-24-23-20(17-9-11-22-12-10-17)25(21)18-8-7-15(2)16(3)14-18/h7-12,14H,4-6,13H2,1-3H3. The molecule has 1 aromatic carbocycles. The lowest BCUT2D eigenvalue weighted by Crippen LogP contribution is -2.04. The second kappa shape index (κ2) is 9.50. The number of aromatic nitrogens is 4. The molecular formula is C21H24N4O2S. The molecule has 0 bridgehead atoms. The van der Waals surface area contributed by atoms with Crippen molar-refractivity contribution in [3.8, 4) is 17.1 Å². The lowest BCUT2D eigenvalue weighted by molar-refractivity contribution is -0.143. The van der Waals surface area contributed by atoms with Crippen molar-refractivity contribution in [3.63, 3.8) is 0 Å². The number of nitrogens with zero attached hydrogens (tertiary/aromatic N) is 4. The molecule has 0 amide bonds. The third kappa shape index (κ3) is 4.78. The van der Waals surface area contributed by atoms with Crippen molar-refractivity contribution in [2.45, 2.75) is 38.8 Å². The van der Waals surface area contributed by atoms with Crippen molar-refractivity contribution >= 4 is 17.7 Å². The number of benzene rings is 1. The number of hydrogen-bond acceptors (Lipinski definition) is 6. The Morgan fingerprint density at radius 1 is 1.11 bits per heavy atom. The van der Waals surface area contributed by atoms with Crippen LogP contribution < -0.4 is 0 Å². The molecule has 0 saturated carbocycles. The zero-order valence-corrected chi connectivity index (χ0v) is 17.2. The molecule has 7 heteroatoms. The van der Waals surface area contributed by atoms with Crippen LogP contribution in [0.2, 0.25) is 0 Å². The molecule has 0 atom stereocenters. The van der Waals surface area contributed by atoms with E-state index in [0.29, 0.717) is 13.0 Å². The summed E-state index contributed by atoms with van der Waals surface area (Å²) in [6.45, 7) is 6.43. The van der Waals surface area contributed by atoms with E-state index in [0.717, 1.165) is 34.4 Å². The molecule has 2 aromatic heterocycles. The third-order valence-corrected chi connectivity index (χ3v) is 5.40. The molecule has 0 fully saturated rings. The van der Waals surface area contributed by atoms with E-state index >= 15 is 0 Å². The number of thioether (sulfide) groups is 1. The van der Waals surface area contributed by atoms with Gasteiger partial charge in [-0.1, -0.05) is 17.8 Å². The largest absolute Gasteiger partial charge is 0.466 e. The Morgan fingerprint density at radius 2 is 1.89 bits per heavy atom. The number of ether oxygens (including phenoxy) is 1. The van der Waals surface area contributed by atoms with E-state index in [4.69, 9.17) is 4.74 Å². The monoisotopic (exact) mass is 396 g/mol. The lowest BCUT2D eigenvalue weighted by Gasteiger charge is -2.12. The quantitative estimate of drug-likeness (QED) is 0.320. The van der Waals surface area contributed by atoms with Crippen LogP contribution in [0.25, 0.3) is 17.1 Å². The summed E-state index contributed by atoms with van der Waals surface area (Å²) in [5.74, 6) is 1.38. The Labute approximate surface area is 169 Å². The summed E-state index contributed by atoms with van der Waals surface area (Å²) in [7, 11) is 0. The minimum atomic E-state index is -0.156. The van der Waals surface area contributed by atoms with Gasteiger partial charge in [-0.2, -0.15) is 0 Å². The summed E-state index contributed by atoms with van der Waals surface area (Å²) in [4.78, 5) is 15.6. The molecule has 0 aliphatic rings. The van der Waals surface area contributed by atoms with Crippen molar-refractivity contribution in [3.05, 3.63) is 53.9 Å². The molecule has 3 rings (SSSR count). The summed E-state index contributed by atoms with van der Waals surface area (Å²) in [5, 5.41) is 9.65. The average Bonchev–Trinajstić information content (AvgIpc) is 3.12. The second-order valence-corrected chi connectivity index (χ2v) is 7.47. The van der Waals surface area contributed by atoms with Crippen LogP contribution in [-0.4, -0.2) is 38.1 Å². The van der Waals surface area contributed by atoms with Gasteiger partial charge in [0.05, 0.1) is 12.3 Å². The fourth-order valence-corrected chi connectivity index (χ4v) is 3.65. The third-order valence-electron chi connectivity index (χ3n) is 4.38. The van der Waals surface area contributed by atoms with Gasteiger partial charge in [0.25, 0.3) is 0 Å². The smallest absolute Gasteiger partial charge is 0.305 e. The van der Waals surface area contributed by atoms with Gasteiger partial charge in [0.1, 0.15) is 0 Å². The maximum absolute atomic E-state index is 11.5. The van der Waals surface area contributed by atoms with Gasteiger partial charge in [0.2, 0.25) is 0 Å². The molecule has 3 aromatic rings. The highest BCUT2D eigenvalue weighted by atomic mass is 32.2. The molecule has 0 aliphatic heterocycles. The number of esters is 1. The zero-order valence-electron chi connectivity index (χ0n) is 16.4. The van der Waals surface area contributed by atoms with Gasteiger partial charge >= 0.3 is 5.97 Å². The summed E-state index contributed by atoms with van der Waals surface area (Å²) in [6.07, 6.45) is 4.64. The van der Waals surface area contributed by atoms with E-state index in [-0.39, 0.29) is 5.97 Å². The van der Waals surface area contributed by atoms with Gasteiger partial charge in [-0.15, -0.1) is 10.2 Å². The summed E-state index contributed by atoms with van der Waals surface area (Å²) < 4.78 is 7.05. The minimum absolute atomic E-state index is 0.156. The molecular weight excluding hydrogens is 372 g/mol. The first-order valence-corrected chi connectivity index (χ1v) is 10.3. The average molecular weight is 397 g/mol. The Bertz CT molecular complexity index is 941. The van der Waals surface area contributed by atoms with Crippen LogP contribution in [0.3, 0.4) is 0 Å². The Kier molecular flexibility index (Phi) is 6.81. The number of hydrogen-bond donors (Lipinski definition) is 0. The first-order chi connectivity index (χ1) is 13.6. The summed E-state index contributed by atoms with van der Waals surface area (Å²) in [6, 6.07) is 10.2. The normalized spacial score (nSPS) is 10.8. The maximum atomic E-state index is 11.5. The van der Waals surface area contributed by atoms with Crippen molar-refractivity contribution in [1.29, 1.82) is 0 Å². The fraction of sp³-hybridized carbons (Fsp3) is 0.333. The number of carbonyl (C=O) groups is 1. The first-order valence-electron chi connectivity index (χ1n) is 9.32. The van der Waals surface area contributed by atoms with E-state index in [1.807, 2.05) is 19.1 Å². The van der Waals surface area contributed by atoms with Gasteiger partial charge in [-0.25, -0.2) is 0 Å². The zero-order chi connectivity index (χ0) is 19.9. The number of rotatable bonds is 8. The van der Waals surface area contributed by atoms with Gasteiger partial charge in [-0.05, 0) is 62.6 Å². The van der Waals surface area contributed by atoms with Crippen molar-refractivity contribution in [2.24, 2.45) is 0 Å². The number of carbonyl (C=O) groups excluding carboxylic acids is 1. The summed E-state index contributed by atoms with van der Waals surface area (Å²) >= 11 is 1.59. The van der Waals surface area contributed by atoms with E-state index < -0.39 is 0 Å². The van der Waals surface area contributed by atoms with Crippen LogP contribution in [0.1, 0.15) is 30.9 Å². The fourth-order valence-electron chi connectivity index (χ4n) is 2.76. The van der Waals surface area contributed by atoms with Crippen LogP contribution in [0.5, 0.6) is 0 Å². The molecule has 0 spiro atoms. The van der Waals surface area contributed by atoms with Crippen molar-refractivity contribution < 1.29 is 9.53 Å². The van der Waals surface area contributed by atoms with Crippen molar-refractivity contribution in [2.75, 3.05) is 12.4 Å². The summed E-state index contributed by atoms with van der Waals surface area (Å²) in [5.41, 5.74) is 4.43. The van der Waals surface area contributed by atoms with E-state index in [9.17, 15) is 4.79 Å². The molecule has 0 aliphatic carbocycles. The first kappa shape index (κ1) is 20.1. The molecule has 0 unspecified atom stereocenters. The Morgan fingerprint density at radius 3 is 2.61 bits per heavy atom. The Hall–Kier alpha value is -2.67. The molecule has 146 valence electrons. The lowest BCUT2D eigenvalue weighted by atomic mass is 10.1. The van der Waals surface area contributed by atoms with Gasteiger partial charge in [-0.3, -0.25) is 14.3 Å². The van der Waals surface area contributed by atoms with Crippen LogP contribution in [0.4, 0.5) is 0 Å². The molecule has 28 heavy (non-hydrogen) atoms. The molecule has 0 saturated heterocycles. The highest BCUT2D eigenvalue weighted by Crippen LogP contribution is 2.29.